The van der Waals surface area contributed by atoms with Crippen LogP contribution in [0, 0.1) is 5.92 Å². The molecule has 0 N–H and O–H groups in total. The molecule has 0 aromatic carbocycles. The van der Waals surface area contributed by atoms with E-state index in [-0.39, 0.29) is 0 Å². The van der Waals surface area contributed by atoms with Gasteiger partial charge >= 0.3 is 0 Å². The molecule has 1 saturated heterocycles. The van der Waals surface area contributed by atoms with Gasteiger partial charge in [0.1, 0.15) is 4.60 Å². The van der Waals surface area contributed by atoms with Crippen molar-refractivity contribution in [2.24, 2.45) is 5.92 Å². The van der Waals surface area contributed by atoms with E-state index in [0.717, 1.165) is 36.5 Å². The Labute approximate surface area is 97.7 Å². The van der Waals surface area contributed by atoms with Gasteiger partial charge in [-0.2, -0.15) is 5.10 Å². The summed E-state index contributed by atoms with van der Waals surface area (Å²) in [5.74, 6) is 1.35. The highest BCUT2D eigenvalue weighted by atomic mass is 79.9. The van der Waals surface area contributed by atoms with Crippen molar-refractivity contribution in [2.45, 2.75) is 19.4 Å². The summed E-state index contributed by atoms with van der Waals surface area (Å²) < 4.78 is 13.4. The molecule has 0 radical (unpaired) electrons. The molecule has 1 atom stereocenters. The summed E-state index contributed by atoms with van der Waals surface area (Å²) in [5, 5.41) is 4.27. The van der Waals surface area contributed by atoms with Crippen molar-refractivity contribution < 1.29 is 9.47 Å². The number of rotatable bonds is 3. The molecule has 0 spiro atoms. The molecule has 2 rings (SSSR count). The van der Waals surface area contributed by atoms with Crippen molar-refractivity contribution in [1.82, 2.24) is 9.78 Å². The third-order valence-corrected chi connectivity index (χ3v) is 3.45. The van der Waals surface area contributed by atoms with Crippen LogP contribution in [0.3, 0.4) is 0 Å². The van der Waals surface area contributed by atoms with Crippen LogP contribution in [0.4, 0.5) is 0 Å². The summed E-state index contributed by atoms with van der Waals surface area (Å²) in [5.41, 5.74) is 0. The molecule has 0 amide bonds. The molecule has 15 heavy (non-hydrogen) atoms. The zero-order valence-electron chi connectivity index (χ0n) is 8.78. The molecule has 4 nitrogen and oxygen atoms in total. The predicted molar refractivity (Wildman–Crippen MR) is 60.0 cm³/mol. The maximum atomic E-state index is 5.44. The van der Waals surface area contributed by atoms with Crippen LogP contribution in [-0.2, 0) is 11.3 Å². The summed E-state index contributed by atoms with van der Waals surface area (Å²) in [6.45, 7) is 2.64. The molecular weight excluding hydrogens is 260 g/mol. The highest BCUT2D eigenvalue weighted by Crippen LogP contribution is 2.25. The van der Waals surface area contributed by atoms with Crippen LogP contribution in [0.5, 0.6) is 5.75 Å². The minimum Gasteiger partial charge on any atom is -0.492 e. The van der Waals surface area contributed by atoms with E-state index in [0.29, 0.717) is 5.92 Å². The fourth-order valence-electron chi connectivity index (χ4n) is 1.81. The van der Waals surface area contributed by atoms with E-state index < -0.39 is 0 Å². The van der Waals surface area contributed by atoms with Gasteiger partial charge in [-0.1, -0.05) is 0 Å². The van der Waals surface area contributed by atoms with Crippen molar-refractivity contribution >= 4 is 15.9 Å². The normalized spacial score (nSPS) is 21.6. The van der Waals surface area contributed by atoms with Crippen molar-refractivity contribution in [3.8, 4) is 5.75 Å². The quantitative estimate of drug-likeness (QED) is 0.847. The molecule has 84 valence electrons. The number of ether oxygens (including phenoxy) is 2. The average molecular weight is 275 g/mol. The molecule has 1 aliphatic heterocycles. The lowest BCUT2D eigenvalue weighted by Crippen LogP contribution is -2.22. The van der Waals surface area contributed by atoms with E-state index >= 15 is 0 Å². The Bertz CT molecular complexity index is 321. The van der Waals surface area contributed by atoms with Crippen LogP contribution in [0.25, 0.3) is 0 Å². The Morgan fingerprint density at radius 3 is 3.20 bits per heavy atom. The summed E-state index contributed by atoms with van der Waals surface area (Å²) in [6, 6.07) is 0. The zero-order chi connectivity index (χ0) is 10.7. The number of hydrogen-bond donors (Lipinski definition) is 0. The van der Waals surface area contributed by atoms with Gasteiger partial charge in [-0.15, -0.1) is 0 Å². The first-order valence-electron chi connectivity index (χ1n) is 5.14. The molecule has 2 heterocycles. The third-order valence-electron chi connectivity index (χ3n) is 2.65. The van der Waals surface area contributed by atoms with Crippen LogP contribution in [0.15, 0.2) is 10.8 Å². The SMILES string of the molecule is COc1cnn(CC2CCCOC2)c1Br. The van der Waals surface area contributed by atoms with E-state index in [1.807, 2.05) is 4.68 Å². The van der Waals surface area contributed by atoms with Gasteiger partial charge in [0.2, 0.25) is 0 Å². The van der Waals surface area contributed by atoms with Gasteiger partial charge in [-0.3, -0.25) is 4.68 Å². The third kappa shape index (κ3) is 2.52. The maximum absolute atomic E-state index is 5.44. The zero-order valence-corrected chi connectivity index (χ0v) is 10.4. The predicted octanol–water partition coefficient (Wildman–Crippen LogP) is 2.08. The minimum absolute atomic E-state index is 0.569. The Hall–Kier alpha value is -0.550. The van der Waals surface area contributed by atoms with E-state index in [1.54, 1.807) is 13.3 Å². The van der Waals surface area contributed by atoms with Crippen molar-refractivity contribution in [3.63, 3.8) is 0 Å². The second-order valence-corrected chi connectivity index (χ2v) is 4.52. The lowest BCUT2D eigenvalue weighted by Gasteiger charge is -2.22. The van der Waals surface area contributed by atoms with E-state index in [4.69, 9.17) is 9.47 Å². The molecule has 1 aromatic heterocycles. The van der Waals surface area contributed by atoms with Crippen LogP contribution in [0.2, 0.25) is 0 Å². The molecule has 0 saturated carbocycles. The standard InChI is InChI=1S/C10H15BrN2O2/c1-14-9-5-12-13(10(9)11)6-8-3-2-4-15-7-8/h5,8H,2-4,6-7H2,1H3. The molecule has 1 aromatic rings. The Morgan fingerprint density at radius 2 is 2.60 bits per heavy atom. The van der Waals surface area contributed by atoms with E-state index in [1.165, 1.54) is 6.42 Å². The maximum Gasteiger partial charge on any atom is 0.171 e. The molecule has 0 aliphatic carbocycles. The number of hydrogen-bond acceptors (Lipinski definition) is 3. The first-order chi connectivity index (χ1) is 7.31. The fourth-order valence-corrected chi connectivity index (χ4v) is 2.31. The monoisotopic (exact) mass is 274 g/mol. The summed E-state index contributed by atoms with van der Waals surface area (Å²) >= 11 is 3.47. The number of nitrogens with zero attached hydrogens (tertiary/aromatic N) is 2. The first-order valence-corrected chi connectivity index (χ1v) is 5.93. The number of halogens is 1. The molecule has 1 unspecified atom stereocenters. The van der Waals surface area contributed by atoms with Gasteiger partial charge in [0.15, 0.2) is 5.75 Å². The van der Waals surface area contributed by atoms with Gasteiger partial charge in [0, 0.05) is 19.1 Å². The number of aromatic nitrogens is 2. The van der Waals surface area contributed by atoms with Crippen molar-refractivity contribution in [3.05, 3.63) is 10.8 Å². The number of methoxy groups -OCH3 is 1. The smallest absolute Gasteiger partial charge is 0.171 e. The Kier molecular flexibility index (Phi) is 3.64. The van der Waals surface area contributed by atoms with Crippen LogP contribution < -0.4 is 4.74 Å². The first kappa shape index (κ1) is 11.0. The fraction of sp³-hybridized carbons (Fsp3) is 0.700. The molecule has 5 heteroatoms. The van der Waals surface area contributed by atoms with Gasteiger partial charge in [-0.05, 0) is 28.8 Å². The molecular formula is C10H15BrN2O2. The summed E-state index contributed by atoms with van der Waals surface area (Å²) in [6.07, 6.45) is 4.10. The van der Waals surface area contributed by atoms with E-state index in [2.05, 4.69) is 21.0 Å². The van der Waals surface area contributed by atoms with Gasteiger partial charge in [-0.25, -0.2) is 0 Å². The van der Waals surface area contributed by atoms with Crippen LogP contribution >= 0.6 is 15.9 Å². The lowest BCUT2D eigenvalue weighted by molar-refractivity contribution is 0.0467. The summed E-state index contributed by atoms with van der Waals surface area (Å²) in [7, 11) is 1.65. The second kappa shape index (κ2) is 4.99. The highest BCUT2D eigenvalue weighted by Gasteiger charge is 2.17. The van der Waals surface area contributed by atoms with Gasteiger partial charge < -0.3 is 9.47 Å². The average Bonchev–Trinajstić information content (AvgIpc) is 2.62. The summed E-state index contributed by atoms with van der Waals surface area (Å²) in [4.78, 5) is 0. The molecule has 0 bridgehead atoms. The molecule has 1 aliphatic rings. The van der Waals surface area contributed by atoms with Gasteiger partial charge in [0.05, 0.1) is 19.9 Å². The van der Waals surface area contributed by atoms with Crippen LogP contribution in [0.1, 0.15) is 12.8 Å². The van der Waals surface area contributed by atoms with Crippen LogP contribution in [-0.4, -0.2) is 30.1 Å². The Morgan fingerprint density at radius 1 is 1.73 bits per heavy atom. The largest absolute Gasteiger partial charge is 0.492 e. The van der Waals surface area contributed by atoms with Crippen molar-refractivity contribution in [2.75, 3.05) is 20.3 Å². The molecule has 1 fully saturated rings. The van der Waals surface area contributed by atoms with E-state index in [9.17, 15) is 0 Å². The van der Waals surface area contributed by atoms with Gasteiger partial charge in [0.25, 0.3) is 0 Å². The lowest BCUT2D eigenvalue weighted by atomic mass is 10.0. The second-order valence-electron chi connectivity index (χ2n) is 3.77. The Balaban J connectivity index is 2.00. The topological polar surface area (TPSA) is 36.3 Å². The highest BCUT2D eigenvalue weighted by molar-refractivity contribution is 9.10. The minimum atomic E-state index is 0.569. The van der Waals surface area contributed by atoms with Crippen molar-refractivity contribution in [1.29, 1.82) is 0 Å².